The Labute approximate surface area is 131 Å². The normalized spacial score (nSPS) is 31.0. The zero-order chi connectivity index (χ0) is 15.4. The molecule has 2 fully saturated rings. The maximum absolute atomic E-state index is 11.3. The smallest absolute Gasteiger partial charge is 0.224 e. The van der Waals surface area contributed by atoms with E-state index in [-0.39, 0.29) is 17.7 Å². The van der Waals surface area contributed by atoms with E-state index in [1.54, 1.807) is 6.92 Å². The van der Waals surface area contributed by atoms with Gasteiger partial charge >= 0.3 is 0 Å². The molecule has 2 aliphatic rings. The summed E-state index contributed by atoms with van der Waals surface area (Å²) in [5.74, 6) is 0.586. The van der Waals surface area contributed by atoms with E-state index >= 15 is 0 Å². The summed E-state index contributed by atoms with van der Waals surface area (Å²) in [6.45, 7) is 2.17. The lowest BCUT2D eigenvalue weighted by Crippen LogP contribution is -2.63. The molecule has 3 atom stereocenters. The molecule has 1 saturated heterocycles. The molecular weight excluding hydrogens is 280 g/mol. The van der Waals surface area contributed by atoms with Crippen molar-refractivity contribution in [3.8, 4) is 0 Å². The SMILES string of the molecule is CC(=O)CC[C@@H]1CCCCC12OOC2OCc1ccccc1. The summed E-state index contributed by atoms with van der Waals surface area (Å²) in [5.41, 5.74) is 0.784. The van der Waals surface area contributed by atoms with Crippen molar-refractivity contribution in [3.05, 3.63) is 35.9 Å². The van der Waals surface area contributed by atoms with Crippen molar-refractivity contribution in [3.63, 3.8) is 0 Å². The molecule has 0 bridgehead atoms. The van der Waals surface area contributed by atoms with Gasteiger partial charge in [-0.1, -0.05) is 43.2 Å². The van der Waals surface area contributed by atoms with E-state index in [1.165, 1.54) is 6.42 Å². The van der Waals surface area contributed by atoms with Gasteiger partial charge in [-0.2, -0.15) is 0 Å². The van der Waals surface area contributed by atoms with Crippen LogP contribution in [0.25, 0.3) is 0 Å². The number of benzene rings is 1. The Morgan fingerprint density at radius 2 is 2.14 bits per heavy atom. The van der Waals surface area contributed by atoms with Crippen molar-refractivity contribution < 1.29 is 19.3 Å². The third-order valence-electron chi connectivity index (χ3n) is 4.84. The predicted octanol–water partition coefficient (Wildman–Crippen LogP) is 3.79. The molecule has 3 rings (SSSR count). The van der Waals surface area contributed by atoms with Gasteiger partial charge in [-0.15, -0.1) is 0 Å². The molecule has 1 heterocycles. The van der Waals surface area contributed by atoms with E-state index in [2.05, 4.69) is 0 Å². The summed E-state index contributed by atoms with van der Waals surface area (Å²) in [5, 5.41) is 0. The van der Waals surface area contributed by atoms with Gasteiger partial charge in [0.05, 0.1) is 6.61 Å². The van der Waals surface area contributed by atoms with E-state index in [0.29, 0.717) is 18.9 Å². The minimum absolute atomic E-state index is 0.239. The largest absolute Gasteiger partial charge is 0.343 e. The van der Waals surface area contributed by atoms with Crippen molar-refractivity contribution in [1.29, 1.82) is 0 Å². The molecule has 0 N–H and O–H groups in total. The third-order valence-corrected chi connectivity index (χ3v) is 4.84. The molecule has 2 unspecified atom stereocenters. The monoisotopic (exact) mass is 304 g/mol. The molecule has 1 spiro atoms. The van der Waals surface area contributed by atoms with Crippen molar-refractivity contribution in [2.75, 3.05) is 0 Å². The number of rotatable bonds is 6. The van der Waals surface area contributed by atoms with Crippen molar-refractivity contribution >= 4 is 5.78 Å². The fourth-order valence-electron chi connectivity index (χ4n) is 3.55. The lowest BCUT2D eigenvalue weighted by atomic mass is 9.71. The predicted molar refractivity (Wildman–Crippen MR) is 81.8 cm³/mol. The first kappa shape index (κ1) is 15.7. The molecule has 22 heavy (non-hydrogen) atoms. The van der Waals surface area contributed by atoms with Crippen LogP contribution >= 0.6 is 0 Å². The average Bonchev–Trinajstić information content (AvgIpc) is 2.53. The first-order valence-electron chi connectivity index (χ1n) is 8.20. The molecule has 0 amide bonds. The summed E-state index contributed by atoms with van der Waals surface area (Å²) in [6, 6.07) is 10.1. The van der Waals surface area contributed by atoms with E-state index in [1.807, 2.05) is 30.3 Å². The van der Waals surface area contributed by atoms with Gasteiger partial charge in [0.25, 0.3) is 0 Å². The number of carbonyl (C=O) groups excluding carboxylic acids is 1. The molecule has 1 saturated carbocycles. The molecule has 4 nitrogen and oxygen atoms in total. The van der Waals surface area contributed by atoms with Gasteiger partial charge in [0.1, 0.15) is 5.78 Å². The summed E-state index contributed by atoms with van der Waals surface area (Å²) in [4.78, 5) is 22.1. The molecule has 0 aromatic heterocycles. The molecule has 1 aliphatic heterocycles. The Bertz CT molecular complexity index is 501. The van der Waals surface area contributed by atoms with Crippen LogP contribution in [0.15, 0.2) is 30.3 Å². The van der Waals surface area contributed by atoms with Gasteiger partial charge in [0.15, 0.2) is 5.60 Å². The Hall–Kier alpha value is -1.23. The highest BCUT2D eigenvalue weighted by Gasteiger charge is 2.58. The molecule has 120 valence electrons. The molecule has 1 aliphatic carbocycles. The highest BCUT2D eigenvalue weighted by atomic mass is 17.3. The molecule has 0 radical (unpaired) electrons. The lowest BCUT2D eigenvalue weighted by molar-refractivity contribution is -0.575. The molecule has 1 aromatic rings. The second-order valence-corrected chi connectivity index (χ2v) is 6.45. The van der Waals surface area contributed by atoms with Crippen LogP contribution in [0, 0.1) is 5.92 Å². The Morgan fingerprint density at radius 3 is 2.82 bits per heavy atom. The maximum atomic E-state index is 11.3. The second kappa shape index (κ2) is 6.90. The Morgan fingerprint density at radius 1 is 1.32 bits per heavy atom. The third kappa shape index (κ3) is 3.24. The van der Waals surface area contributed by atoms with E-state index in [0.717, 1.165) is 31.2 Å². The van der Waals surface area contributed by atoms with Gasteiger partial charge < -0.3 is 9.53 Å². The van der Waals surface area contributed by atoms with Gasteiger partial charge in [0, 0.05) is 6.42 Å². The first-order valence-corrected chi connectivity index (χ1v) is 8.20. The van der Waals surface area contributed by atoms with Gasteiger partial charge in [-0.25, -0.2) is 9.78 Å². The Kier molecular flexibility index (Phi) is 4.91. The van der Waals surface area contributed by atoms with Crippen molar-refractivity contribution in [2.45, 2.75) is 63.9 Å². The number of Topliss-reactive ketones (excluding diaryl/α,β-unsaturated/α-hetero) is 1. The van der Waals surface area contributed by atoms with Gasteiger partial charge in [-0.3, -0.25) is 0 Å². The quantitative estimate of drug-likeness (QED) is 0.750. The topological polar surface area (TPSA) is 44.8 Å². The van der Waals surface area contributed by atoms with Crippen LogP contribution in [-0.4, -0.2) is 17.7 Å². The molecule has 4 heteroatoms. The maximum Gasteiger partial charge on any atom is 0.224 e. The van der Waals surface area contributed by atoms with Crippen LogP contribution in [0.3, 0.4) is 0 Å². The number of carbonyl (C=O) groups is 1. The fraction of sp³-hybridized carbons (Fsp3) is 0.611. The van der Waals surface area contributed by atoms with Crippen LogP contribution in [0.5, 0.6) is 0 Å². The number of ether oxygens (including phenoxy) is 1. The number of ketones is 1. The first-order chi connectivity index (χ1) is 10.7. The van der Waals surface area contributed by atoms with Crippen LogP contribution in [0.2, 0.25) is 0 Å². The highest BCUT2D eigenvalue weighted by molar-refractivity contribution is 5.75. The van der Waals surface area contributed by atoms with Crippen molar-refractivity contribution in [1.82, 2.24) is 0 Å². The molecular formula is C18H24O4. The highest BCUT2D eigenvalue weighted by Crippen LogP contribution is 2.49. The summed E-state index contributed by atoms with van der Waals surface area (Å²) < 4.78 is 5.96. The van der Waals surface area contributed by atoms with E-state index in [9.17, 15) is 4.79 Å². The summed E-state index contributed by atoms with van der Waals surface area (Å²) >= 11 is 0. The lowest BCUT2D eigenvalue weighted by Gasteiger charge is -2.52. The van der Waals surface area contributed by atoms with Crippen LogP contribution in [0.1, 0.15) is 51.0 Å². The van der Waals surface area contributed by atoms with Gasteiger partial charge in [-0.05, 0) is 37.7 Å². The number of hydrogen-bond donors (Lipinski definition) is 0. The van der Waals surface area contributed by atoms with Crippen molar-refractivity contribution in [2.24, 2.45) is 5.92 Å². The number of hydrogen-bond acceptors (Lipinski definition) is 4. The summed E-state index contributed by atoms with van der Waals surface area (Å²) in [7, 11) is 0. The minimum atomic E-state index is -0.345. The zero-order valence-corrected chi connectivity index (χ0v) is 13.1. The molecule has 1 aromatic carbocycles. The standard InChI is InChI=1S/C18H24O4/c1-14(19)10-11-16-9-5-6-12-18(16)17(21-22-18)20-13-15-7-3-2-4-8-15/h2-4,7-8,16-17H,5-6,9-13H2,1H3/t16-,17?,18?/m0/s1. The van der Waals surface area contributed by atoms with E-state index < -0.39 is 0 Å². The van der Waals surface area contributed by atoms with Crippen LogP contribution in [0.4, 0.5) is 0 Å². The fourth-order valence-corrected chi connectivity index (χ4v) is 3.55. The van der Waals surface area contributed by atoms with Crippen LogP contribution < -0.4 is 0 Å². The summed E-state index contributed by atoms with van der Waals surface area (Å²) in [6.07, 6.45) is 5.52. The minimum Gasteiger partial charge on any atom is -0.343 e. The van der Waals surface area contributed by atoms with E-state index in [4.69, 9.17) is 14.5 Å². The second-order valence-electron chi connectivity index (χ2n) is 6.45. The van der Waals surface area contributed by atoms with Gasteiger partial charge in [0.2, 0.25) is 6.29 Å². The zero-order valence-electron chi connectivity index (χ0n) is 13.1. The Balaban J connectivity index is 1.61. The average molecular weight is 304 g/mol. The van der Waals surface area contributed by atoms with Crippen LogP contribution in [-0.2, 0) is 25.9 Å².